The summed E-state index contributed by atoms with van der Waals surface area (Å²) in [5.74, 6) is 0.340. The van der Waals surface area contributed by atoms with Gasteiger partial charge in [0.25, 0.3) is 0 Å². The molecule has 2 aromatic rings. The minimum Gasteiger partial charge on any atom is -0.316 e. The minimum atomic E-state index is -0.257. The highest BCUT2D eigenvalue weighted by molar-refractivity contribution is 5.58. The fourth-order valence-corrected chi connectivity index (χ4v) is 2.31. The van der Waals surface area contributed by atoms with Crippen LogP contribution in [0, 0.1) is 11.7 Å². The zero-order chi connectivity index (χ0) is 12.4. The molecule has 2 heterocycles. The van der Waals surface area contributed by atoms with Crippen LogP contribution in [-0.4, -0.2) is 28.1 Å². The smallest absolute Gasteiger partial charge is 0.132 e. The first-order valence-electron chi connectivity index (χ1n) is 6.18. The van der Waals surface area contributed by atoms with Crippen LogP contribution < -0.4 is 5.32 Å². The van der Waals surface area contributed by atoms with Gasteiger partial charge in [-0.15, -0.1) is 5.10 Å². The molecule has 1 aliphatic rings. The number of hydrogen-bond acceptors (Lipinski definition) is 3. The number of rotatable bonds is 3. The van der Waals surface area contributed by atoms with E-state index >= 15 is 0 Å². The van der Waals surface area contributed by atoms with Crippen molar-refractivity contribution in [3.05, 3.63) is 36.3 Å². The molecule has 0 unspecified atom stereocenters. The highest BCUT2D eigenvalue weighted by Crippen LogP contribution is 2.20. The maximum absolute atomic E-state index is 13.6. The number of halogens is 1. The predicted octanol–water partition coefficient (Wildman–Crippen LogP) is 1.69. The summed E-state index contributed by atoms with van der Waals surface area (Å²) in [6.07, 6.45) is 2.98. The van der Waals surface area contributed by atoms with Gasteiger partial charge in [0.2, 0.25) is 0 Å². The van der Waals surface area contributed by atoms with Gasteiger partial charge in [0, 0.05) is 12.1 Å². The van der Waals surface area contributed by atoms with E-state index in [0.717, 1.165) is 26.1 Å². The summed E-state index contributed by atoms with van der Waals surface area (Å²) in [5.41, 5.74) is 1.10. The summed E-state index contributed by atoms with van der Waals surface area (Å²) in [6.45, 7) is 2.93. The molecule has 1 aromatic heterocycles. The van der Waals surface area contributed by atoms with Crippen LogP contribution in [0.4, 0.5) is 4.39 Å². The van der Waals surface area contributed by atoms with E-state index in [4.69, 9.17) is 0 Å². The molecule has 0 radical (unpaired) electrons. The van der Waals surface area contributed by atoms with E-state index in [2.05, 4.69) is 15.6 Å². The molecule has 0 amide bonds. The molecule has 1 aromatic carbocycles. The lowest BCUT2D eigenvalue weighted by atomic mass is 10.1. The summed E-state index contributed by atoms with van der Waals surface area (Å²) in [6, 6.07) is 6.64. The summed E-state index contributed by atoms with van der Waals surface area (Å²) < 4.78 is 15.4. The van der Waals surface area contributed by atoms with Gasteiger partial charge in [-0.25, -0.2) is 4.39 Å². The van der Waals surface area contributed by atoms with Crippen LogP contribution in [0.25, 0.3) is 11.3 Å². The van der Waals surface area contributed by atoms with Crippen LogP contribution in [0.3, 0.4) is 0 Å². The standard InChI is InChI=1S/C13H15FN4/c14-12-4-2-1-3-11(12)13-9-18(17-16-13)8-10-5-6-15-7-10/h1-4,9-10,15H,5-8H2/t10-/m1/s1. The van der Waals surface area contributed by atoms with Crippen LogP contribution in [0.15, 0.2) is 30.5 Å². The van der Waals surface area contributed by atoms with Crippen LogP contribution in [0.5, 0.6) is 0 Å². The molecule has 1 fully saturated rings. The summed E-state index contributed by atoms with van der Waals surface area (Å²) in [7, 11) is 0. The monoisotopic (exact) mass is 246 g/mol. The average Bonchev–Trinajstić information content (AvgIpc) is 3.02. The van der Waals surface area contributed by atoms with Crippen LogP contribution in [0.1, 0.15) is 6.42 Å². The van der Waals surface area contributed by atoms with E-state index < -0.39 is 0 Å². The van der Waals surface area contributed by atoms with Crippen molar-refractivity contribution in [2.75, 3.05) is 13.1 Å². The fourth-order valence-electron chi connectivity index (χ4n) is 2.31. The first-order chi connectivity index (χ1) is 8.83. The number of aromatic nitrogens is 3. The van der Waals surface area contributed by atoms with Crippen LogP contribution >= 0.6 is 0 Å². The van der Waals surface area contributed by atoms with Gasteiger partial charge in [-0.3, -0.25) is 4.68 Å². The third-order valence-electron chi connectivity index (χ3n) is 3.30. The predicted molar refractivity (Wildman–Crippen MR) is 66.4 cm³/mol. The first-order valence-corrected chi connectivity index (χ1v) is 6.18. The molecule has 0 aliphatic carbocycles. The number of benzene rings is 1. The average molecular weight is 246 g/mol. The lowest BCUT2D eigenvalue weighted by Gasteiger charge is -2.06. The summed E-state index contributed by atoms with van der Waals surface area (Å²) >= 11 is 0. The van der Waals surface area contributed by atoms with Gasteiger partial charge in [0.05, 0.1) is 6.20 Å². The van der Waals surface area contributed by atoms with Crippen molar-refractivity contribution in [2.24, 2.45) is 5.92 Å². The third kappa shape index (κ3) is 2.26. The Labute approximate surface area is 105 Å². The molecule has 1 N–H and O–H groups in total. The van der Waals surface area contributed by atoms with Gasteiger partial charge < -0.3 is 5.32 Å². The van der Waals surface area contributed by atoms with E-state index in [1.165, 1.54) is 6.07 Å². The lowest BCUT2D eigenvalue weighted by molar-refractivity contribution is 0.441. The summed E-state index contributed by atoms with van der Waals surface area (Å²) in [5, 5.41) is 11.4. The Morgan fingerprint density at radius 1 is 1.39 bits per heavy atom. The molecule has 3 rings (SSSR count). The molecule has 4 nitrogen and oxygen atoms in total. The molecular weight excluding hydrogens is 231 g/mol. The molecule has 0 spiro atoms. The number of nitrogens with one attached hydrogen (secondary N) is 1. The zero-order valence-electron chi connectivity index (χ0n) is 10.0. The highest BCUT2D eigenvalue weighted by Gasteiger charge is 2.16. The molecule has 18 heavy (non-hydrogen) atoms. The highest BCUT2D eigenvalue weighted by atomic mass is 19.1. The Bertz CT molecular complexity index is 531. The molecule has 94 valence electrons. The quantitative estimate of drug-likeness (QED) is 0.896. The molecular formula is C13H15FN4. The SMILES string of the molecule is Fc1ccccc1-c1cn(C[C@@H]2CCNC2)nn1. The fraction of sp³-hybridized carbons (Fsp3) is 0.385. The summed E-state index contributed by atoms with van der Waals surface area (Å²) in [4.78, 5) is 0. The van der Waals surface area contributed by atoms with Crippen molar-refractivity contribution >= 4 is 0 Å². The number of hydrogen-bond donors (Lipinski definition) is 1. The van der Waals surface area contributed by atoms with Crippen LogP contribution in [-0.2, 0) is 6.54 Å². The molecule has 1 atom stereocenters. The van der Waals surface area contributed by atoms with E-state index in [-0.39, 0.29) is 5.82 Å². The second-order valence-corrected chi connectivity index (χ2v) is 4.66. The van der Waals surface area contributed by atoms with Gasteiger partial charge in [0.1, 0.15) is 11.5 Å². The van der Waals surface area contributed by atoms with Crippen LogP contribution in [0.2, 0.25) is 0 Å². The lowest BCUT2D eigenvalue weighted by Crippen LogP contribution is -2.14. The van der Waals surface area contributed by atoms with Gasteiger partial charge in [-0.2, -0.15) is 0 Å². The third-order valence-corrected chi connectivity index (χ3v) is 3.30. The van der Waals surface area contributed by atoms with Crippen molar-refractivity contribution < 1.29 is 4.39 Å². The second kappa shape index (κ2) is 4.86. The topological polar surface area (TPSA) is 42.7 Å². The van der Waals surface area contributed by atoms with Crippen molar-refractivity contribution in [3.63, 3.8) is 0 Å². The van der Waals surface area contributed by atoms with Crippen molar-refractivity contribution in [2.45, 2.75) is 13.0 Å². The normalized spacial score (nSPS) is 19.3. The van der Waals surface area contributed by atoms with Gasteiger partial charge >= 0.3 is 0 Å². The van der Waals surface area contributed by atoms with E-state index in [9.17, 15) is 4.39 Å². The molecule has 0 saturated carbocycles. The minimum absolute atomic E-state index is 0.257. The Morgan fingerprint density at radius 2 is 2.28 bits per heavy atom. The van der Waals surface area contributed by atoms with Gasteiger partial charge in [-0.05, 0) is 37.6 Å². The zero-order valence-corrected chi connectivity index (χ0v) is 10.0. The van der Waals surface area contributed by atoms with Crippen molar-refractivity contribution in [3.8, 4) is 11.3 Å². The Hall–Kier alpha value is -1.75. The molecule has 1 saturated heterocycles. The maximum atomic E-state index is 13.6. The maximum Gasteiger partial charge on any atom is 0.132 e. The van der Waals surface area contributed by atoms with E-state index in [1.54, 1.807) is 22.9 Å². The molecule has 0 bridgehead atoms. The Balaban J connectivity index is 1.79. The number of nitrogens with zero attached hydrogens (tertiary/aromatic N) is 3. The Kier molecular flexibility index (Phi) is 3.06. The van der Waals surface area contributed by atoms with Crippen molar-refractivity contribution in [1.29, 1.82) is 0 Å². The largest absolute Gasteiger partial charge is 0.316 e. The molecule has 1 aliphatic heterocycles. The Morgan fingerprint density at radius 3 is 3.06 bits per heavy atom. The second-order valence-electron chi connectivity index (χ2n) is 4.66. The molecule has 5 heteroatoms. The first kappa shape index (κ1) is 11.3. The van der Waals surface area contributed by atoms with Gasteiger partial charge in [0.15, 0.2) is 0 Å². The van der Waals surface area contributed by atoms with E-state index in [1.807, 2.05) is 6.20 Å². The van der Waals surface area contributed by atoms with Crippen molar-refractivity contribution in [1.82, 2.24) is 20.3 Å². The van der Waals surface area contributed by atoms with E-state index in [0.29, 0.717) is 17.2 Å². The van der Waals surface area contributed by atoms with Gasteiger partial charge in [-0.1, -0.05) is 17.3 Å².